The molecule has 1 atom stereocenters. The van der Waals surface area contributed by atoms with Crippen molar-refractivity contribution in [2.24, 2.45) is 0 Å². The monoisotopic (exact) mass is 249 g/mol. The van der Waals surface area contributed by atoms with Gasteiger partial charge in [0.25, 0.3) is 5.91 Å². The zero-order valence-electron chi connectivity index (χ0n) is 10.8. The summed E-state index contributed by atoms with van der Waals surface area (Å²) >= 11 is 0. The van der Waals surface area contributed by atoms with Gasteiger partial charge in [0.1, 0.15) is 11.4 Å². The third-order valence-corrected chi connectivity index (χ3v) is 3.37. The second-order valence-corrected chi connectivity index (χ2v) is 5.01. The zero-order valence-corrected chi connectivity index (χ0v) is 10.8. The number of phenols is 1. The fraction of sp³-hybridized carbons (Fsp3) is 0.500. The van der Waals surface area contributed by atoms with E-state index < -0.39 is 5.60 Å². The van der Waals surface area contributed by atoms with Crippen LogP contribution in [-0.2, 0) is 16.1 Å². The lowest BCUT2D eigenvalue weighted by molar-refractivity contribution is -0.150. The van der Waals surface area contributed by atoms with Gasteiger partial charge >= 0.3 is 0 Å². The second-order valence-electron chi connectivity index (χ2n) is 5.01. The van der Waals surface area contributed by atoms with Gasteiger partial charge in [0, 0.05) is 20.2 Å². The van der Waals surface area contributed by atoms with Crippen molar-refractivity contribution in [1.29, 1.82) is 0 Å². The Kier molecular flexibility index (Phi) is 3.57. The summed E-state index contributed by atoms with van der Waals surface area (Å²) in [7, 11) is 1.78. The fourth-order valence-electron chi connectivity index (χ4n) is 2.30. The number of likely N-dealkylation sites (N-methyl/N-ethyl adjacent to an activating group) is 1. The van der Waals surface area contributed by atoms with E-state index in [1.807, 2.05) is 19.1 Å². The SMILES string of the molecule is CN(Cc1ccc(O)cc1)C(=O)C1(C)CCCO1. The summed E-state index contributed by atoms with van der Waals surface area (Å²) in [6.45, 7) is 3.04. The van der Waals surface area contributed by atoms with Crippen LogP contribution < -0.4 is 0 Å². The number of aromatic hydroxyl groups is 1. The van der Waals surface area contributed by atoms with Gasteiger partial charge in [0.05, 0.1) is 0 Å². The molecule has 0 radical (unpaired) electrons. The first-order valence-corrected chi connectivity index (χ1v) is 6.19. The molecule has 4 heteroatoms. The van der Waals surface area contributed by atoms with Crippen LogP contribution in [0.15, 0.2) is 24.3 Å². The molecule has 1 aromatic carbocycles. The van der Waals surface area contributed by atoms with Crippen molar-refractivity contribution in [2.75, 3.05) is 13.7 Å². The standard InChI is InChI=1S/C14H19NO3/c1-14(8-3-9-18-14)13(17)15(2)10-11-4-6-12(16)7-5-11/h4-7,16H,3,8-10H2,1-2H3. The highest BCUT2D eigenvalue weighted by atomic mass is 16.5. The molecule has 0 aromatic heterocycles. The molecule has 0 spiro atoms. The van der Waals surface area contributed by atoms with E-state index in [2.05, 4.69) is 0 Å². The lowest BCUT2D eigenvalue weighted by atomic mass is 10.0. The number of benzene rings is 1. The molecule has 0 aliphatic carbocycles. The fourth-order valence-corrected chi connectivity index (χ4v) is 2.30. The smallest absolute Gasteiger partial charge is 0.254 e. The van der Waals surface area contributed by atoms with E-state index in [0.29, 0.717) is 13.2 Å². The van der Waals surface area contributed by atoms with E-state index in [4.69, 9.17) is 4.74 Å². The van der Waals surface area contributed by atoms with Gasteiger partial charge in [-0.15, -0.1) is 0 Å². The predicted molar refractivity (Wildman–Crippen MR) is 68.2 cm³/mol. The van der Waals surface area contributed by atoms with Crippen LogP contribution >= 0.6 is 0 Å². The van der Waals surface area contributed by atoms with Crippen LogP contribution in [0.25, 0.3) is 0 Å². The molecule has 1 fully saturated rings. The topological polar surface area (TPSA) is 49.8 Å². The third kappa shape index (κ3) is 2.64. The largest absolute Gasteiger partial charge is 0.508 e. The number of hydrogen-bond acceptors (Lipinski definition) is 3. The van der Waals surface area contributed by atoms with Crippen molar-refractivity contribution in [3.63, 3.8) is 0 Å². The van der Waals surface area contributed by atoms with Crippen LogP contribution in [0, 0.1) is 0 Å². The molecule has 0 bridgehead atoms. The maximum Gasteiger partial charge on any atom is 0.254 e. The van der Waals surface area contributed by atoms with Crippen molar-refractivity contribution in [2.45, 2.75) is 31.9 Å². The van der Waals surface area contributed by atoms with Crippen LogP contribution in [0.2, 0.25) is 0 Å². The summed E-state index contributed by atoms with van der Waals surface area (Å²) in [6.07, 6.45) is 1.72. The Morgan fingerprint density at radius 3 is 2.67 bits per heavy atom. The average molecular weight is 249 g/mol. The molecule has 1 unspecified atom stereocenters. The van der Waals surface area contributed by atoms with Gasteiger partial charge in [0.2, 0.25) is 0 Å². The van der Waals surface area contributed by atoms with Crippen molar-refractivity contribution in [3.05, 3.63) is 29.8 Å². The number of phenolic OH excluding ortho intramolecular Hbond substituents is 1. The Hall–Kier alpha value is -1.55. The molecular formula is C14H19NO3. The number of ether oxygens (including phenoxy) is 1. The van der Waals surface area contributed by atoms with Crippen molar-refractivity contribution in [1.82, 2.24) is 4.90 Å². The molecule has 2 rings (SSSR count). The highest BCUT2D eigenvalue weighted by Crippen LogP contribution is 2.27. The summed E-state index contributed by atoms with van der Waals surface area (Å²) in [5.41, 5.74) is 0.330. The molecule has 1 aromatic rings. The lowest BCUT2D eigenvalue weighted by Gasteiger charge is -2.28. The van der Waals surface area contributed by atoms with Gasteiger partial charge in [-0.25, -0.2) is 0 Å². The van der Waals surface area contributed by atoms with E-state index in [1.165, 1.54) is 0 Å². The normalized spacial score (nSPS) is 23.0. The first-order chi connectivity index (χ1) is 8.51. The maximum atomic E-state index is 12.3. The highest BCUT2D eigenvalue weighted by Gasteiger charge is 2.39. The number of nitrogens with zero attached hydrogens (tertiary/aromatic N) is 1. The molecule has 1 saturated heterocycles. The second kappa shape index (κ2) is 4.98. The summed E-state index contributed by atoms with van der Waals surface area (Å²) in [5.74, 6) is 0.256. The molecule has 4 nitrogen and oxygen atoms in total. The number of carbonyl (C=O) groups is 1. The molecule has 1 aliphatic rings. The van der Waals surface area contributed by atoms with E-state index in [-0.39, 0.29) is 11.7 Å². The van der Waals surface area contributed by atoms with E-state index in [1.54, 1.807) is 24.1 Å². The molecule has 0 saturated carbocycles. The zero-order chi connectivity index (χ0) is 13.2. The van der Waals surface area contributed by atoms with Crippen molar-refractivity contribution < 1.29 is 14.6 Å². The summed E-state index contributed by atoms with van der Waals surface area (Å²) in [6, 6.07) is 6.89. The lowest BCUT2D eigenvalue weighted by Crippen LogP contribution is -2.44. The summed E-state index contributed by atoms with van der Waals surface area (Å²) in [4.78, 5) is 14.0. The Bertz CT molecular complexity index is 421. The van der Waals surface area contributed by atoms with E-state index in [0.717, 1.165) is 18.4 Å². The third-order valence-electron chi connectivity index (χ3n) is 3.37. The van der Waals surface area contributed by atoms with Crippen LogP contribution in [0.5, 0.6) is 5.75 Å². The van der Waals surface area contributed by atoms with Crippen molar-refractivity contribution in [3.8, 4) is 5.75 Å². The molecule has 1 heterocycles. The Balaban J connectivity index is 2.01. The highest BCUT2D eigenvalue weighted by molar-refractivity contribution is 5.84. The number of amides is 1. The van der Waals surface area contributed by atoms with E-state index >= 15 is 0 Å². The number of hydrogen-bond donors (Lipinski definition) is 1. The molecule has 98 valence electrons. The van der Waals surface area contributed by atoms with Crippen LogP contribution in [0.3, 0.4) is 0 Å². The predicted octanol–water partition coefficient (Wildman–Crippen LogP) is 1.92. The quantitative estimate of drug-likeness (QED) is 0.890. The average Bonchev–Trinajstić information content (AvgIpc) is 2.79. The van der Waals surface area contributed by atoms with Gasteiger partial charge in [0.15, 0.2) is 0 Å². The van der Waals surface area contributed by atoms with Crippen LogP contribution in [-0.4, -0.2) is 35.2 Å². The van der Waals surface area contributed by atoms with E-state index in [9.17, 15) is 9.90 Å². The number of rotatable bonds is 3. The molecule has 1 N–H and O–H groups in total. The van der Waals surface area contributed by atoms with Crippen molar-refractivity contribution >= 4 is 5.91 Å². The van der Waals surface area contributed by atoms with Gasteiger partial charge in [-0.3, -0.25) is 4.79 Å². The first kappa shape index (κ1) is 12.9. The minimum Gasteiger partial charge on any atom is -0.508 e. The van der Waals surface area contributed by atoms with Gasteiger partial charge in [-0.05, 0) is 37.5 Å². The first-order valence-electron chi connectivity index (χ1n) is 6.19. The Morgan fingerprint density at radius 2 is 2.11 bits per heavy atom. The minimum atomic E-state index is -0.661. The molecule has 18 heavy (non-hydrogen) atoms. The van der Waals surface area contributed by atoms with Gasteiger partial charge in [-0.2, -0.15) is 0 Å². The summed E-state index contributed by atoms with van der Waals surface area (Å²) < 4.78 is 5.55. The summed E-state index contributed by atoms with van der Waals surface area (Å²) in [5, 5.41) is 9.21. The Labute approximate surface area is 107 Å². The minimum absolute atomic E-state index is 0.0214. The molecule has 1 aliphatic heterocycles. The molecule has 1 amide bonds. The molecular weight excluding hydrogens is 230 g/mol. The van der Waals surface area contributed by atoms with Crippen LogP contribution in [0.4, 0.5) is 0 Å². The van der Waals surface area contributed by atoms with Crippen LogP contribution in [0.1, 0.15) is 25.3 Å². The number of carbonyl (C=O) groups excluding carboxylic acids is 1. The Morgan fingerprint density at radius 1 is 1.44 bits per heavy atom. The maximum absolute atomic E-state index is 12.3. The van der Waals surface area contributed by atoms with Gasteiger partial charge < -0.3 is 14.7 Å². The van der Waals surface area contributed by atoms with Gasteiger partial charge in [-0.1, -0.05) is 12.1 Å².